The van der Waals surface area contributed by atoms with Crippen molar-refractivity contribution in [3.05, 3.63) is 36.1 Å². The molecule has 6 rings (SSSR count). The van der Waals surface area contributed by atoms with Crippen molar-refractivity contribution in [1.82, 2.24) is 15.2 Å². The first kappa shape index (κ1) is 19.9. The van der Waals surface area contributed by atoms with E-state index in [2.05, 4.69) is 27.0 Å². The van der Waals surface area contributed by atoms with E-state index in [4.69, 9.17) is 9.15 Å². The third kappa shape index (κ3) is 4.08. The van der Waals surface area contributed by atoms with E-state index >= 15 is 0 Å². The summed E-state index contributed by atoms with van der Waals surface area (Å²) in [5.41, 5.74) is 0.699. The van der Waals surface area contributed by atoms with E-state index in [1.165, 1.54) is 24.6 Å². The van der Waals surface area contributed by atoms with Gasteiger partial charge in [0.05, 0.1) is 13.2 Å². The zero-order chi connectivity index (χ0) is 20.5. The van der Waals surface area contributed by atoms with Crippen LogP contribution >= 0.6 is 11.8 Å². The molecule has 1 aromatic heterocycles. The maximum atomic E-state index is 12.8. The highest BCUT2D eigenvalue weighted by atomic mass is 32.2. The monoisotopic (exact) mass is 428 g/mol. The zero-order valence-electron chi connectivity index (χ0n) is 17.3. The van der Waals surface area contributed by atoms with E-state index in [9.17, 15) is 4.79 Å². The average molecular weight is 429 g/mol. The Labute approximate surface area is 181 Å². The van der Waals surface area contributed by atoms with Gasteiger partial charge in [0.2, 0.25) is 0 Å². The number of benzene rings is 1. The summed E-state index contributed by atoms with van der Waals surface area (Å²) in [5, 5.41) is 3.90. The summed E-state index contributed by atoms with van der Waals surface area (Å²) >= 11 is 1.46. The smallest absolute Gasteiger partial charge is 0.262 e. The number of oxazole rings is 1. The number of fused-ring (bicyclic) bond motifs is 3. The maximum Gasteiger partial charge on any atom is 0.262 e. The highest BCUT2D eigenvalue weighted by Gasteiger charge is 2.40. The van der Waals surface area contributed by atoms with Crippen molar-refractivity contribution in [1.29, 1.82) is 0 Å². The van der Waals surface area contributed by atoms with Gasteiger partial charge in [-0.25, -0.2) is 0 Å². The standard InChI is InChI=1S/C22H28N4O3S/c1-15-20(16-6-8-25(15)9-7-16)24-21(27)17-2-4-18(5-3-17)30-22-23-19(14-29-22)26-10-12-28-13-11-26/h2-5,14-16,20H,6-13H2,1H3,(H,24,27)/t15-,20-/m0/s1. The molecule has 0 saturated carbocycles. The molecule has 30 heavy (non-hydrogen) atoms. The van der Waals surface area contributed by atoms with Crippen molar-refractivity contribution >= 4 is 23.5 Å². The minimum Gasteiger partial charge on any atom is -0.437 e. The van der Waals surface area contributed by atoms with Gasteiger partial charge < -0.3 is 19.4 Å². The first-order chi connectivity index (χ1) is 14.7. The van der Waals surface area contributed by atoms with Crippen molar-refractivity contribution in [3.63, 3.8) is 0 Å². The maximum absolute atomic E-state index is 12.8. The molecule has 1 aromatic carbocycles. The van der Waals surface area contributed by atoms with Gasteiger partial charge in [-0.2, -0.15) is 4.98 Å². The van der Waals surface area contributed by atoms with Gasteiger partial charge in [0, 0.05) is 35.6 Å². The van der Waals surface area contributed by atoms with Crippen LogP contribution in [0.4, 0.5) is 5.82 Å². The van der Waals surface area contributed by atoms with Crippen molar-refractivity contribution in [3.8, 4) is 0 Å². The largest absolute Gasteiger partial charge is 0.437 e. The van der Waals surface area contributed by atoms with Crippen LogP contribution in [0.1, 0.15) is 30.1 Å². The molecular formula is C22H28N4O3S. The number of carbonyl (C=O) groups excluding carboxylic acids is 1. The summed E-state index contributed by atoms with van der Waals surface area (Å²) in [6.07, 6.45) is 4.07. The Kier molecular flexibility index (Phi) is 5.71. The van der Waals surface area contributed by atoms with Gasteiger partial charge in [0.25, 0.3) is 11.1 Å². The number of nitrogens with zero attached hydrogens (tertiary/aromatic N) is 3. The number of ether oxygens (including phenoxy) is 1. The molecule has 0 aliphatic carbocycles. The normalized spacial score (nSPS) is 28.5. The van der Waals surface area contributed by atoms with Crippen LogP contribution in [0.5, 0.6) is 0 Å². The number of aromatic nitrogens is 1. The molecule has 4 saturated heterocycles. The highest BCUT2D eigenvalue weighted by Crippen LogP contribution is 2.33. The fourth-order valence-corrected chi connectivity index (χ4v) is 5.50. The van der Waals surface area contributed by atoms with Crippen LogP contribution in [0.25, 0.3) is 0 Å². The van der Waals surface area contributed by atoms with Gasteiger partial charge in [0.15, 0.2) is 5.82 Å². The Bertz CT molecular complexity index is 871. The van der Waals surface area contributed by atoms with E-state index in [1.807, 2.05) is 24.3 Å². The SMILES string of the molecule is C[C@H]1[C@H](NC(=O)c2ccc(Sc3nc(N4CCOCC4)co3)cc2)C2CCN1CC2. The lowest BCUT2D eigenvalue weighted by Gasteiger charge is -2.49. The van der Waals surface area contributed by atoms with Crippen LogP contribution in [0.15, 0.2) is 45.1 Å². The molecule has 0 radical (unpaired) electrons. The van der Waals surface area contributed by atoms with Crippen LogP contribution < -0.4 is 10.2 Å². The van der Waals surface area contributed by atoms with Gasteiger partial charge in [-0.3, -0.25) is 9.69 Å². The van der Waals surface area contributed by atoms with Crippen LogP contribution in [-0.4, -0.2) is 67.3 Å². The minimum atomic E-state index is 0.0166. The number of piperidine rings is 3. The average Bonchev–Trinajstić information content (AvgIpc) is 3.26. The van der Waals surface area contributed by atoms with Gasteiger partial charge >= 0.3 is 0 Å². The summed E-state index contributed by atoms with van der Waals surface area (Å²) in [7, 11) is 0. The molecule has 160 valence electrons. The zero-order valence-corrected chi connectivity index (χ0v) is 18.1. The predicted molar refractivity (Wildman–Crippen MR) is 115 cm³/mol. The molecule has 2 bridgehead atoms. The van der Waals surface area contributed by atoms with Crippen LogP contribution in [0.3, 0.4) is 0 Å². The van der Waals surface area contributed by atoms with E-state index < -0.39 is 0 Å². The third-order valence-corrected chi connectivity index (χ3v) is 7.47. The molecule has 4 fully saturated rings. The topological polar surface area (TPSA) is 70.8 Å². The number of anilines is 1. The number of nitrogens with one attached hydrogen (secondary N) is 1. The molecule has 4 aliphatic heterocycles. The lowest BCUT2D eigenvalue weighted by molar-refractivity contribution is 0.0217. The molecule has 0 spiro atoms. The Balaban J connectivity index is 1.19. The van der Waals surface area contributed by atoms with Crippen molar-refractivity contribution in [2.24, 2.45) is 5.92 Å². The fourth-order valence-electron chi connectivity index (χ4n) is 4.79. The summed E-state index contributed by atoms with van der Waals surface area (Å²) in [6.45, 7) is 7.67. The molecule has 2 atom stereocenters. The van der Waals surface area contributed by atoms with E-state index in [0.29, 0.717) is 22.7 Å². The molecular weight excluding hydrogens is 400 g/mol. The van der Waals surface area contributed by atoms with Gasteiger partial charge in [-0.1, -0.05) is 0 Å². The Morgan fingerprint density at radius 3 is 2.57 bits per heavy atom. The van der Waals surface area contributed by atoms with Crippen molar-refractivity contribution < 1.29 is 13.9 Å². The molecule has 1 N–H and O–H groups in total. The molecule has 2 aromatic rings. The molecule has 1 amide bonds. The lowest BCUT2D eigenvalue weighted by Crippen LogP contribution is -2.62. The van der Waals surface area contributed by atoms with E-state index in [0.717, 1.165) is 50.1 Å². The Morgan fingerprint density at radius 1 is 1.13 bits per heavy atom. The molecule has 4 aliphatic rings. The Morgan fingerprint density at radius 2 is 1.87 bits per heavy atom. The van der Waals surface area contributed by atoms with Crippen LogP contribution in [0.2, 0.25) is 0 Å². The first-order valence-electron chi connectivity index (χ1n) is 10.8. The number of rotatable bonds is 5. The van der Waals surface area contributed by atoms with Crippen molar-refractivity contribution in [2.45, 2.75) is 42.0 Å². The first-order valence-corrected chi connectivity index (χ1v) is 11.6. The van der Waals surface area contributed by atoms with Gasteiger partial charge in [0.1, 0.15) is 6.26 Å². The second kappa shape index (κ2) is 8.61. The van der Waals surface area contributed by atoms with E-state index in [1.54, 1.807) is 6.26 Å². The number of morpholine rings is 1. The number of hydrogen-bond donors (Lipinski definition) is 1. The van der Waals surface area contributed by atoms with Crippen molar-refractivity contribution in [2.75, 3.05) is 44.3 Å². The van der Waals surface area contributed by atoms with Gasteiger partial charge in [-0.15, -0.1) is 0 Å². The fraction of sp³-hybridized carbons (Fsp3) is 0.545. The summed E-state index contributed by atoms with van der Waals surface area (Å²) < 4.78 is 11.0. The second-order valence-electron chi connectivity index (χ2n) is 8.31. The lowest BCUT2D eigenvalue weighted by atomic mass is 9.79. The number of amides is 1. The summed E-state index contributed by atoms with van der Waals surface area (Å²) in [5.74, 6) is 1.47. The van der Waals surface area contributed by atoms with Crippen LogP contribution in [0, 0.1) is 5.92 Å². The van der Waals surface area contributed by atoms with E-state index in [-0.39, 0.29) is 11.9 Å². The molecule has 8 heteroatoms. The molecule has 5 heterocycles. The number of carbonyl (C=O) groups is 1. The highest BCUT2D eigenvalue weighted by molar-refractivity contribution is 7.99. The predicted octanol–water partition coefficient (Wildman–Crippen LogP) is 2.87. The number of hydrogen-bond acceptors (Lipinski definition) is 7. The van der Waals surface area contributed by atoms with Crippen LogP contribution in [-0.2, 0) is 4.74 Å². The quantitative estimate of drug-likeness (QED) is 0.785. The summed E-state index contributed by atoms with van der Waals surface area (Å²) in [6, 6.07) is 8.35. The molecule has 7 nitrogen and oxygen atoms in total. The second-order valence-corrected chi connectivity index (χ2v) is 9.34. The Hall–Kier alpha value is -2.03. The van der Waals surface area contributed by atoms with Gasteiger partial charge in [-0.05, 0) is 74.8 Å². The minimum absolute atomic E-state index is 0.0166. The molecule has 0 unspecified atom stereocenters. The summed E-state index contributed by atoms with van der Waals surface area (Å²) in [4.78, 5) is 23.0. The third-order valence-electron chi connectivity index (χ3n) is 6.60.